The molecule has 0 bridgehead atoms. The van der Waals surface area contributed by atoms with E-state index in [1.54, 1.807) is 12.4 Å². The van der Waals surface area contributed by atoms with Gasteiger partial charge in [0.1, 0.15) is 11.3 Å². The number of ether oxygens (including phenoxy) is 1. The number of amides is 1. The lowest BCUT2D eigenvalue weighted by Gasteiger charge is -2.40. The first-order valence-electron chi connectivity index (χ1n) is 8.44. The van der Waals surface area contributed by atoms with Crippen LogP contribution in [0.5, 0.6) is 0 Å². The average molecular weight is 338 g/mol. The Kier molecular flexibility index (Phi) is 3.14. The molecule has 25 heavy (non-hydrogen) atoms. The topological polar surface area (TPSA) is 77.5 Å². The van der Waals surface area contributed by atoms with Crippen molar-refractivity contribution in [3.63, 3.8) is 0 Å². The molecule has 2 atom stereocenters. The molecule has 0 spiro atoms. The van der Waals surface area contributed by atoms with Crippen molar-refractivity contribution in [3.8, 4) is 0 Å². The van der Waals surface area contributed by atoms with Crippen LogP contribution in [0.25, 0.3) is 5.65 Å². The summed E-state index contributed by atoms with van der Waals surface area (Å²) in [6.45, 7) is 3.78. The van der Waals surface area contributed by atoms with Gasteiger partial charge in [0.2, 0.25) is 0 Å². The van der Waals surface area contributed by atoms with Crippen LogP contribution in [0.1, 0.15) is 34.2 Å². The number of aryl methyl sites for hydroxylation is 1. The van der Waals surface area contributed by atoms with Crippen molar-refractivity contribution in [2.75, 3.05) is 13.1 Å². The third-order valence-corrected chi connectivity index (χ3v) is 5.05. The molecule has 3 aromatic rings. The van der Waals surface area contributed by atoms with Crippen LogP contribution < -0.4 is 0 Å². The van der Waals surface area contributed by atoms with Gasteiger partial charge in [-0.1, -0.05) is 5.21 Å². The number of nitrogens with zero attached hydrogens (tertiary/aromatic N) is 6. The Morgan fingerprint density at radius 3 is 3.24 bits per heavy atom. The van der Waals surface area contributed by atoms with Crippen molar-refractivity contribution < 1.29 is 9.53 Å². The van der Waals surface area contributed by atoms with Crippen molar-refractivity contribution in [1.29, 1.82) is 0 Å². The van der Waals surface area contributed by atoms with E-state index in [1.807, 2.05) is 39.2 Å². The van der Waals surface area contributed by atoms with Gasteiger partial charge in [-0.3, -0.25) is 4.79 Å². The monoisotopic (exact) mass is 338 g/mol. The molecule has 5 rings (SSSR count). The number of hydrogen-bond donors (Lipinski definition) is 0. The molecule has 0 saturated carbocycles. The molecular formula is C17H18N6O2. The van der Waals surface area contributed by atoms with Gasteiger partial charge in [0.15, 0.2) is 0 Å². The SMILES string of the molecule is Cc1ccn2cc(C(=O)N3CC[C@H]4OCc5cnnn5[C@H]4C3)nc2c1. The van der Waals surface area contributed by atoms with Crippen LogP contribution in [-0.2, 0) is 11.3 Å². The number of pyridine rings is 1. The molecule has 1 fully saturated rings. The van der Waals surface area contributed by atoms with Gasteiger partial charge in [0.05, 0.1) is 30.6 Å². The third kappa shape index (κ3) is 2.32. The molecule has 2 aliphatic rings. The summed E-state index contributed by atoms with van der Waals surface area (Å²) >= 11 is 0. The number of piperidine rings is 1. The zero-order valence-electron chi connectivity index (χ0n) is 13.9. The van der Waals surface area contributed by atoms with Gasteiger partial charge in [-0.2, -0.15) is 0 Å². The fourth-order valence-electron chi connectivity index (χ4n) is 3.71. The third-order valence-electron chi connectivity index (χ3n) is 5.05. The molecule has 2 aliphatic heterocycles. The number of carbonyl (C=O) groups is 1. The standard InChI is InChI=1S/C17H18N6O2/c1-11-2-4-21-8-13(19-16(21)6-11)17(24)22-5-3-15-14(9-22)23-12(10-25-15)7-18-20-23/h2,4,6-8,14-15H,3,5,9-10H2,1H3/t14-,15+/m0/s1. The highest BCUT2D eigenvalue weighted by Gasteiger charge is 2.38. The smallest absolute Gasteiger partial charge is 0.274 e. The van der Waals surface area contributed by atoms with Crippen LogP contribution in [0, 0.1) is 6.92 Å². The van der Waals surface area contributed by atoms with Gasteiger partial charge in [-0.15, -0.1) is 5.10 Å². The van der Waals surface area contributed by atoms with E-state index in [1.165, 1.54) is 0 Å². The van der Waals surface area contributed by atoms with E-state index in [4.69, 9.17) is 4.74 Å². The zero-order chi connectivity index (χ0) is 17.0. The van der Waals surface area contributed by atoms with E-state index in [-0.39, 0.29) is 18.1 Å². The molecule has 0 aromatic carbocycles. The van der Waals surface area contributed by atoms with Crippen molar-refractivity contribution >= 4 is 11.6 Å². The minimum Gasteiger partial charge on any atom is -0.370 e. The van der Waals surface area contributed by atoms with E-state index in [0.717, 1.165) is 23.3 Å². The molecule has 8 heteroatoms. The zero-order valence-corrected chi connectivity index (χ0v) is 13.9. The molecule has 1 amide bonds. The summed E-state index contributed by atoms with van der Waals surface area (Å²) in [5, 5.41) is 8.15. The van der Waals surface area contributed by atoms with E-state index >= 15 is 0 Å². The summed E-state index contributed by atoms with van der Waals surface area (Å²) in [5.74, 6) is -0.0490. The molecule has 0 radical (unpaired) electrons. The second-order valence-corrected chi connectivity index (χ2v) is 6.72. The summed E-state index contributed by atoms with van der Waals surface area (Å²) in [5.41, 5.74) is 3.34. The first-order chi connectivity index (χ1) is 12.2. The van der Waals surface area contributed by atoms with Crippen LogP contribution in [0.4, 0.5) is 0 Å². The number of likely N-dealkylation sites (tertiary alicyclic amines) is 1. The Morgan fingerprint density at radius 2 is 2.32 bits per heavy atom. The van der Waals surface area contributed by atoms with Crippen LogP contribution in [0.3, 0.4) is 0 Å². The van der Waals surface area contributed by atoms with E-state index in [2.05, 4.69) is 15.3 Å². The maximum absolute atomic E-state index is 12.9. The fraction of sp³-hybridized carbons (Fsp3) is 0.412. The van der Waals surface area contributed by atoms with Gasteiger partial charge in [-0.05, 0) is 31.0 Å². The highest BCUT2D eigenvalue weighted by atomic mass is 16.5. The molecule has 8 nitrogen and oxygen atoms in total. The lowest BCUT2D eigenvalue weighted by molar-refractivity contribution is -0.0605. The van der Waals surface area contributed by atoms with Gasteiger partial charge >= 0.3 is 0 Å². The van der Waals surface area contributed by atoms with Crippen LogP contribution in [0.15, 0.2) is 30.7 Å². The summed E-state index contributed by atoms with van der Waals surface area (Å²) < 4.78 is 9.69. The predicted octanol–water partition coefficient (Wildman–Crippen LogP) is 1.22. The number of hydrogen-bond acceptors (Lipinski definition) is 5. The minimum atomic E-state index is -0.0490. The number of aromatic nitrogens is 5. The summed E-state index contributed by atoms with van der Waals surface area (Å²) in [6, 6.07) is 3.99. The maximum atomic E-state index is 12.9. The fourth-order valence-corrected chi connectivity index (χ4v) is 3.71. The van der Waals surface area contributed by atoms with Gasteiger partial charge in [-0.25, -0.2) is 9.67 Å². The van der Waals surface area contributed by atoms with E-state index in [0.29, 0.717) is 25.4 Å². The maximum Gasteiger partial charge on any atom is 0.274 e. The van der Waals surface area contributed by atoms with Gasteiger partial charge in [0.25, 0.3) is 5.91 Å². The van der Waals surface area contributed by atoms with Crippen LogP contribution in [-0.4, -0.2) is 54.4 Å². The number of imidazole rings is 1. The van der Waals surface area contributed by atoms with Crippen molar-refractivity contribution in [2.24, 2.45) is 0 Å². The average Bonchev–Trinajstić information content (AvgIpc) is 3.26. The van der Waals surface area contributed by atoms with Crippen molar-refractivity contribution in [3.05, 3.63) is 47.7 Å². The number of fused-ring (bicyclic) bond motifs is 4. The summed E-state index contributed by atoms with van der Waals surface area (Å²) in [7, 11) is 0. The quantitative estimate of drug-likeness (QED) is 0.667. The minimum absolute atomic E-state index is 0.0169. The first-order valence-corrected chi connectivity index (χ1v) is 8.44. The molecule has 0 unspecified atom stereocenters. The molecule has 0 aliphatic carbocycles. The van der Waals surface area contributed by atoms with Crippen LogP contribution >= 0.6 is 0 Å². The molecule has 128 valence electrons. The van der Waals surface area contributed by atoms with Gasteiger partial charge in [0, 0.05) is 25.5 Å². The Morgan fingerprint density at radius 1 is 1.40 bits per heavy atom. The van der Waals surface area contributed by atoms with Crippen molar-refractivity contribution in [2.45, 2.75) is 32.1 Å². The molecular weight excluding hydrogens is 320 g/mol. The Labute approximate surface area is 144 Å². The summed E-state index contributed by atoms with van der Waals surface area (Å²) in [6.07, 6.45) is 6.32. The summed E-state index contributed by atoms with van der Waals surface area (Å²) in [4.78, 5) is 19.3. The molecule has 1 saturated heterocycles. The molecule has 0 N–H and O–H groups in total. The number of carbonyl (C=O) groups excluding carboxylic acids is 1. The lowest BCUT2D eigenvalue weighted by Crippen LogP contribution is -2.50. The Hall–Kier alpha value is -2.74. The first kappa shape index (κ1) is 14.6. The van der Waals surface area contributed by atoms with Gasteiger partial charge < -0.3 is 14.0 Å². The lowest BCUT2D eigenvalue weighted by atomic mass is 10.00. The van der Waals surface area contributed by atoms with Crippen LogP contribution in [0.2, 0.25) is 0 Å². The second-order valence-electron chi connectivity index (χ2n) is 6.72. The van der Waals surface area contributed by atoms with Crippen molar-refractivity contribution in [1.82, 2.24) is 29.3 Å². The second kappa shape index (κ2) is 5.38. The van der Waals surface area contributed by atoms with E-state index in [9.17, 15) is 4.79 Å². The highest BCUT2D eigenvalue weighted by Crippen LogP contribution is 2.30. The molecule has 5 heterocycles. The predicted molar refractivity (Wildman–Crippen MR) is 88.1 cm³/mol. The Balaban J connectivity index is 1.42. The Bertz CT molecular complexity index is 961. The van der Waals surface area contributed by atoms with E-state index < -0.39 is 0 Å². The highest BCUT2D eigenvalue weighted by molar-refractivity contribution is 5.93. The molecule has 3 aromatic heterocycles. The largest absolute Gasteiger partial charge is 0.370 e. The number of rotatable bonds is 1. The normalized spacial score (nSPS) is 22.7.